The van der Waals surface area contributed by atoms with Gasteiger partial charge in [-0.3, -0.25) is 0 Å². The van der Waals surface area contributed by atoms with Crippen molar-refractivity contribution in [1.82, 2.24) is 0 Å². The molecule has 23 heavy (non-hydrogen) atoms. The molecule has 1 N–H and O–H groups in total. The highest BCUT2D eigenvalue weighted by Gasteiger charge is 2.10. The topological polar surface area (TPSA) is 29.5 Å². The van der Waals surface area contributed by atoms with E-state index in [0.717, 1.165) is 35.3 Å². The molecule has 0 atom stereocenters. The minimum absolute atomic E-state index is 0.116. The van der Waals surface area contributed by atoms with Crippen LogP contribution in [0.2, 0.25) is 5.02 Å². The molecule has 1 rings (SSSR count). The summed E-state index contributed by atoms with van der Waals surface area (Å²) in [5.41, 5.74) is 5.76. The monoisotopic (exact) mass is 334 g/mol. The smallest absolute Gasteiger partial charge is 0.138 e. The van der Waals surface area contributed by atoms with Gasteiger partial charge in [0.1, 0.15) is 5.75 Å². The van der Waals surface area contributed by atoms with Gasteiger partial charge in [-0.05, 0) is 63.3 Å². The standard InChI is InChI=1S/C20H27ClO2/c1-14(7-6-8-15(2)11-12-22)9-10-18-16(3)13-19(23-5)20(21)17(18)4/h7,9-11,13,22H,6,8,12H2,1-5H3. The van der Waals surface area contributed by atoms with Crippen LogP contribution < -0.4 is 4.74 Å². The van der Waals surface area contributed by atoms with Crippen LogP contribution in [0.5, 0.6) is 5.75 Å². The van der Waals surface area contributed by atoms with Crippen LogP contribution in [-0.4, -0.2) is 18.8 Å². The lowest BCUT2D eigenvalue weighted by Gasteiger charge is -2.12. The first-order valence-corrected chi connectivity index (χ1v) is 8.23. The number of methoxy groups -OCH3 is 1. The minimum Gasteiger partial charge on any atom is -0.495 e. The Bertz CT molecular complexity index is 625. The zero-order valence-electron chi connectivity index (χ0n) is 14.7. The molecule has 3 heteroatoms. The highest BCUT2D eigenvalue weighted by Crippen LogP contribution is 2.33. The van der Waals surface area contributed by atoms with E-state index >= 15 is 0 Å². The predicted molar refractivity (Wildman–Crippen MR) is 100 cm³/mol. The third-order valence-corrected chi connectivity index (χ3v) is 4.37. The van der Waals surface area contributed by atoms with Gasteiger partial charge in [0.15, 0.2) is 0 Å². The van der Waals surface area contributed by atoms with Crippen LogP contribution in [0, 0.1) is 13.8 Å². The number of halogens is 1. The van der Waals surface area contributed by atoms with Gasteiger partial charge in [-0.15, -0.1) is 0 Å². The summed E-state index contributed by atoms with van der Waals surface area (Å²) in [4.78, 5) is 0. The highest BCUT2D eigenvalue weighted by atomic mass is 35.5. The van der Waals surface area contributed by atoms with Crippen LogP contribution in [0.1, 0.15) is 43.4 Å². The van der Waals surface area contributed by atoms with Crippen molar-refractivity contribution >= 4 is 17.7 Å². The van der Waals surface area contributed by atoms with E-state index in [1.807, 2.05) is 26.0 Å². The molecule has 0 aromatic heterocycles. The second-order valence-corrected chi connectivity index (χ2v) is 6.18. The van der Waals surface area contributed by atoms with Gasteiger partial charge in [0.25, 0.3) is 0 Å². The molecule has 0 saturated heterocycles. The van der Waals surface area contributed by atoms with Gasteiger partial charge in [0.05, 0.1) is 18.7 Å². The Balaban J connectivity index is 2.85. The maximum Gasteiger partial charge on any atom is 0.138 e. The van der Waals surface area contributed by atoms with E-state index in [9.17, 15) is 0 Å². The van der Waals surface area contributed by atoms with Crippen molar-refractivity contribution in [1.29, 1.82) is 0 Å². The molecule has 0 amide bonds. The number of aryl methyl sites for hydroxylation is 1. The fourth-order valence-electron chi connectivity index (χ4n) is 2.41. The molecule has 0 unspecified atom stereocenters. The average Bonchev–Trinajstić information content (AvgIpc) is 2.51. The van der Waals surface area contributed by atoms with Gasteiger partial charge in [-0.2, -0.15) is 0 Å². The molecule has 0 radical (unpaired) electrons. The fraction of sp³-hybridized carbons (Fsp3) is 0.400. The Hall–Kier alpha value is -1.51. The minimum atomic E-state index is 0.116. The first kappa shape index (κ1) is 19.5. The first-order valence-electron chi connectivity index (χ1n) is 7.85. The van der Waals surface area contributed by atoms with Crippen molar-refractivity contribution in [3.05, 3.63) is 57.2 Å². The number of ether oxygens (including phenoxy) is 1. The molecule has 0 saturated carbocycles. The molecule has 1 aromatic rings. The van der Waals surface area contributed by atoms with Gasteiger partial charge in [-0.1, -0.05) is 47.1 Å². The number of hydrogen-bond donors (Lipinski definition) is 1. The molecule has 1 aromatic carbocycles. The van der Waals surface area contributed by atoms with E-state index in [0.29, 0.717) is 5.02 Å². The lowest BCUT2D eigenvalue weighted by Crippen LogP contribution is -1.93. The molecular weight excluding hydrogens is 308 g/mol. The van der Waals surface area contributed by atoms with E-state index in [-0.39, 0.29) is 6.61 Å². The van der Waals surface area contributed by atoms with Crippen LogP contribution in [0.25, 0.3) is 6.08 Å². The Morgan fingerprint density at radius 1 is 1.26 bits per heavy atom. The summed E-state index contributed by atoms with van der Waals surface area (Å²) < 4.78 is 5.29. The Labute approximate surface area is 145 Å². The number of hydrogen-bond acceptors (Lipinski definition) is 2. The van der Waals surface area contributed by atoms with Crippen molar-refractivity contribution in [2.45, 2.75) is 40.5 Å². The maximum atomic E-state index is 8.84. The van der Waals surface area contributed by atoms with Crippen molar-refractivity contribution in [2.24, 2.45) is 0 Å². The van der Waals surface area contributed by atoms with Crippen molar-refractivity contribution in [2.75, 3.05) is 13.7 Å². The van der Waals surface area contributed by atoms with Crippen LogP contribution >= 0.6 is 11.6 Å². The lowest BCUT2D eigenvalue weighted by molar-refractivity contribution is 0.341. The van der Waals surface area contributed by atoms with E-state index in [1.54, 1.807) is 7.11 Å². The normalized spacial score (nSPS) is 13.0. The summed E-state index contributed by atoms with van der Waals surface area (Å²) in [7, 11) is 1.63. The second kappa shape index (κ2) is 9.59. The third kappa shape index (κ3) is 5.89. The predicted octanol–water partition coefficient (Wildman–Crippen LogP) is 5.64. The van der Waals surface area contributed by atoms with Crippen molar-refractivity contribution in [3.63, 3.8) is 0 Å². The van der Waals surface area contributed by atoms with Crippen LogP contribution in [0.4, 0.5) is 0 Å². The summed E-state index contributed by atoms with van der Waals surface area (Å²) in [6.45, 7) is 8.33. The Morgan fingerprint density at radius 2 is 1.96 bits per heavy atom. The zero-order valence-corrected chi connectivity index (χ0v) is 15.5. The molecule has 0 aliphatic rings. The van der Waals surface area contributed by atoms with E-state index < -0.39 is 0 Å². The number of rotatable bonds is 7. The van der Waals surface area contributed by atoms with Gasteiger partial charge in [-0.25, -0.2) is 0 Å². The van der Waals surface area contributed by atoms with Gasteiger partial charge >= 0.3 is 0 Å². The molecule has 126 valence electrons. The zero-order chi connectivity index (χ0) is 17.4. The van der Waals surface area contributed by atoms with Crippen LogP contribution in [-0.2, 0) is 0 Å². The molecule has 0 fully saturated rings. The molecule has 2 nitrogen and oxygen atoms in total. The van der Waals surface area contributed by atoms with E-state index in [1.165, 1.54) is 11.1 Å². The molecule has 0 aliphatic heterocycles. The summed E-state index contributed by atoms with van der Waals surface area (Å²) in [5, 5.41) is 9.52. The lowest BCUT2D eigenvalue weighted by atomic mass is 10.0. The summed E-state index contributed by atoms with van der Waals surface area (Å²) in [6.07, 6.45) is 10.2. The quantitative estimate of drug-likeness (QED) is 0.516. The average molecular weight is 335 g/mol. The fourth-order valence-corrected chi connectivity index (χ4v) is 2.64. The SMILES string of the molecule is COc1cc(C)c(C=CC(C)=CCCC(C)=CCO)c(C)c1Cl. The summed E-state index contributed by atoms with van der Waals surface area (Å²) in [6, 6.07) is 1.97. The van der Waals surface area contributed by atoms with Gasteiger partial charge in [0, 0.05) is 0 Å². The molecule has 0 heterocycles. The first-order chi connectivity index (χ1) is 10.9. The summed E-state index contributed by atoms with van der Waals surface area (Å²) >= 11 is 6.33. The maximum absolute atomic E-state index is 8.84. The van der Waals surface area contributed by atoms with Crippen molar-refractivity contribution < 1.29 is 9.84 Å². The Morgan fingerprint density at radius 3 is 2.57 bits per heavy atom. The second-order valence-electron chi connectivity index (χ2n) is 5.80. The molecule has 0 spiro atoms. The highest BCUT2D eigenvalue weighted by molar-refractivity contribution is 6.33. The number of benzene rings is 1. The van der Waals surface area contributed by atoms with Crippen molar-refractivity contribution in [3.8, 4) is 5.75 Å². The Kier molecular flexibility index (Phi) is 8.15. The molecular formula is C20H27ClO2. The number of aliphatic hydroxyl groups excluding tert-OH is 1. The summed E-state index contributed by atoms with van der Waals surface area (Å²) in [5.74, 6) is 0.720. The van der Waals surface area contributed by atoms with Gasteiger partial charge in [0.2, 0.25) is 0 Å². The van der Waals surface area contributed by atoms with E-state index in [4.69, 9.17) is 21.4 Å². The number of allylic oxidation sites excluding steroid dienone is 4. The van der Waals surface area contributed by atoms with Crippen LogP contribution in [0.15, 0.2) is 35.4 Å². The van der Waals surface area contributed by atoms with Gasteiger partial charge < -0.3 is 9.84 Å². The molecule has 0 aliphatic carbocycles. The largest absolute Gasteiger partial charge is 0.495 e. The number of aliphatic hydroxyl groups is 1. The third-order valence-electron chi connectivity index (χ3n) is 3.90. The molecule has 0 bridgehead atoms. The van der Waals surface area contributed by atoms with E-state index in [2.05, 4.69) is 32.1 Å². The van der Waals surface area contributed by atoms with Crippen LogP contribution in [0.3, 0.4) is 0 Å².